The number of carbonyl (C=O) groups is 5. The molecule has 1 aliphatic carbocycles. The predicted molar refractivity (Wildman–Crippen MR) is 256 cm³/mol. The molecule has 0 aromatic rings. The van der Waals surface area contributed by atoms with E-state index in [-0.39, 0.29) is 74.1 Å². The van der Waals surface area contributed by atoms with Crippen LogP contribution in [0.1, 0.15) is 126 Å². The van der Waals surface area contributed by atoms with Crippen LogP contribution in [-0.4, -0.2) is 145 Å². The number of nitrogens with zero attached hydrogens (tertiary/aromatic N) is 1. The van der Waals surface area contributed by atoms with E-state index in [0.717, 1.165) is 12.0 Å². The van der Waals surface area contributed by atoms with E-state index >= 15 is 0 Å². The van der Waals surface area contributed by atoms with E-state index in [2.05, 4.69) is 0 Å². The summed E-state index contributed by atoms with van der Waals surface area (Å²) < 4.78 is 35.6. The number of aliphatic hydroxyl groups is 3. The molecule has 15 nitrogen and oxygen atoms in total. The minimum absolute atomic E-state index is 0.0158. The van der Waals surface area contributed by atoms with Crippen LogP contribution in [0.15, 0.2) is 47.6 Å². The molecule has 0 unspecified atom stereocenters. The number of piperidine rings is 1. The summed E-state index contributed by atoms with van der Waals surface area (Å²) in [5, 5.41) is 32.8. The van der Waals surface area contributed by atoms with Crippen LogP contribution < -0.4 is 0 Å². The quantitative estimate of drug-likeness (QED) is 0.134. The van der Waals surface area contributed by atoms with E-state index in [1.54, 1.807) is 41.1 Å². The second-order valence-electron chi connectivity index (χ2n) is 20.2. The average molecular weight is 958 g/mol. The van der Waals surface area contributed by atoms with Crippen molar-refractivity contribution in [2.75, 3.05) is 41.1 Å². The molecule has 2 saturated heterocycles. The van der Waals surface area contributed by atoms with Gasteiger partial charge >= 0.3 is 5.97 Å². The molecule has 3 N–H and O–H groups in total. The molecule has 0 spiro atoms. The first-order valence-corrected chi connectivity index (χ1v) is 25.0. The molecule has 384 valence electrons. The van der Waals surface area contributed by atoms with Gasteiger partial charge < -0.3 is 48.6 Å². The van der Waals surface area contributed by atoms with Gasteiger partial charge in [-0.3, -0.25) is 19.2 Å². The Hall–Kier alpha value is -3.41. The number of Topliss-reactive ketones (excluding diaryl/α,β-unsaturated/α-hetero) is 3. The van der Waals surface area contributed by atoms with Crippen molar-refractivity contribution in [3.05, 3.63) is 47.6 Å². The van der Waals surface area contributed by atoms with E-state index in [1.807, 2.05) is 58.1 Å². The minimum Gasteiger partial charge on any atom is -0.460 e. The number of ether oxygens (including phenoxy) is 6. The molecule has 3 heterocycles. The maximum atomic E-state index is 14.5. The Bertz CT molecular complexity index is 1810. The van der Waals surface area contributed by atoms with Crippen molar-refractivity contribution in [3.63, 3.8) is 0 Å². The second kappa shape index (κ2) is 27.3. The van der Waals surface area contributed by atoms with Gasteiger partial charge in [0.25, 0.3) is 11.7 Å². The summed E-state index contributed by atoms with van der Waals surface area (Å²) in [6.45, 7) is 12.9. The van der Waals surface area contributed by atoms with Crippen molar-refractivity contribution in [3.8, 4) is 0 Å². The lowest BCUT2D eigenvalue weighted by Gasteiger charge is -2.42. The molecule has 68 heavy (non-hydrogen) atoms. The highest BCUT2D eigenvalue weighted by atomic mass is 16.6. The fourth-order valence-electron chi connectivity index (χ4n) is 10.5. The molecule has 2 bridgehead atoms. The lowest BCUT2D eigenvalue weighted by molar-refractivity contribution is -0.265. The highest BCUT2D eigenvalue weighted by molar-refractivity contribution is 6.39. The highest BCUT2D eigenvalue weighted by Crippen LogP contribution is 2.38. The number of carbonyl (C=O) groups excluding carboxylic acids is 5. The maximum absolute atomic E-state index is 14.5. The number of rotatable bonds is 9. The Morgan fingerprint density at radius 1 is 0.853 bits per heavy atom. The number of hydrogen-bond acceptors (Lipinski definition) is 14. The van der Waals surface area contributed by atoms with Crippen LogP contribution >= 0.6 is 0 Å². The van der Waals surface area contributed by atoms with Crippen molar-refractivity contribution in [1.29, 1.82) is 0 Å². The first kappa shape index (κ1) is 57.2. The van der Waals surface area contributed by atoms with Gasteiger partial charge in [-0.05, 0) is 107 Å². The van der Waals surface area contributed by atoms with E-state index in [1.165, 1.54) is 12.0 Å². The molecule has 3 aliphatic heterocycles. The monoisotopic (exact) mass is 958 g/mol. The minimum atomic E-state index is -2.43. The largest absolute Gasteiger partial charge is 0.460 e. The normalized spacial score (nSPS) is 39.2. The lowest BCUT2D eigenvalue weighted by Crippen LogP contribution is -2.61. The average Bonchev–Trinajstić information content (AvgIpc) is 3.32. The Balaban J connectivity index is 1.70. The molecular weight excluding hydrogens is 875 g/mol. The van der Waals surface area contributed by atoms with Crippen LogP contribution in [0.4, 0.5) is 0 Å². The van der Waals surface area contributed by atoms with Crippen LogP contribution in [0.5, 0.6) is 0 Å². The molecule has 15 atom stereocenters. The maximum Gasteiger partial charge on any atom is 0.329 e. The van der Waals surface area contributed by atoms with Crippen LogP contribution in [-0.2, 0) is 52.4 Å². The molecule has 4 aliphatic rings. The third-order valence-corrected chi connectivity index (χ3v) is 14.9. The van der Waals surface area contributed by atoms with Crippen molar-refractivity contribution in [2.24, 2.45) is 35.5 Å². The number of allylic oxidation sites excluding steroid dienone is 6. The summed E-state index contributed by atoms with van der Waals surface area (Å²) in [5.41, 5.74) is 1.26. The molecule has 1 saturated carbocycles. The summed E-state index contributed by atoms with van der Waals surface area (Å²) in [6, 6.07) is -1.14. The van der Waals surface area contributed by atoms with Gasteiger partial charge in [-0.15, -0.1) is 0 Å². The van der Waals surface area contributed by atoms with E-state index in [9.17, 15) is 39.3 Å². The highest BCUT2D eigenvalue weighted by Gasteiger charge is 2.53. The Labute approximate surface area is 405 Å². The zero-order valence-corrected chi connectivity index (χ0v) is 42.4. The van der Waals surface area contributed by atoms with Gasteiger partial charge in [-0.25, -0.2) is 4.79 Å². The number of esters is 1. The second-order valence-corrected chi connectivity index (χ2v) is 20.2. The van der Waals surface area contributed by atoms with Gasteiger partial charge in [0.05, 0.1) is 37.6 Å². The molecule has 3 fully saturated rings. The van der Waals surface area contributed by atoms with Crippen LogP contribution in [0.25, 0.3) is 0 Å². The van der Waals surface area contributed by atoms with Gasteiger partial charge in [0, 0.05) is 58.5 Å². The topological polar surface area (TPSA) is 205 Å². The molecule has 4 rings (SSSR count). The van der Waals surface area contributed by atoms with Crippen LogP contribution in [0.2, 0.25) is 0 Å². The zero-order chi connectivity index (χ0) is 50.3. The van der Waals surface area contributed by atoms with Crippen molar-refractivity contribution >= 4 is 29.2 Å². The first-order valence-electron chi connectivity index (χ1n) is 25.0. The van der Waals surface area contributed by atoms with Crippen molar-refractivity contribution < 1.29 is 67.7 Å². The molecular formula is C53H83NO14. The standard InChI is InChI=1S/C53H83NO14/c1-32-16-12-11-13-17-33(2)44(63-8)30-40-21-19-38(7)53(62,68-40)50(59)51(60)54-23-15-14-18-41(54)52(61)67-45(35(4)28-39-20-22-43(66-25-24-55)46(29-39)64-9)31-42(56)34(3)27-37(6)48(58)49(65-10)47(57)36(5)26-32/h11-13,16-17,27,32,34-36,38-41,43-46,48-49,55,58,62H,14-15,18-26,28-31H2,1-10H3/b13-11+,16-12+,33-17+,37-27+/t32-,34-,35+,36-,38-,39+,40-,41+,43+,44+,45+,46-,48-,49-,53-/m1/s1. The fourth-order valence-corrected chi connectivity index (χ4v) is 10.5. The Morgan fingerprint density at radius 3 is 2.26 bits per heavy atom. The van der Waals surface area contributed by atoms with Crippen LogP contribution in [0, 0.1) is 35.5 Å². The van der Waals surface area contributed by atoms with Gasteiger partial charge in [0.2, 0.25) is 5.79 Å². The van der Waals surface area contributed by atoms with Crippen LogP contribution in [0.3, 0.4) is 0 Å². The molecule has 0 aromatic heterocycles. The third kappa shape index (κ3) is 15.3. The summed E-state index contributed by atoms with van der Waals surface area (Å²) >= 11 is 0. The van der Waals surface area contributed by atoms with Gasteiger partial charge in [-0.1, -0.05) is 71.1 Å². The van der Waals surface area contributed by atoms with Gasteiger partial charge in [-0.2, -0.15) is 0 Å². The number of aliphatic hydroxyl groups excluding tert-OH is 2. The smallest absolute Gasteiger partial charge is 0.329 e. The van der Waals surface area contributed by atoms with E-state index in [4.69, 9.17) is 28.4 Å². The number of cyclic esters (lactones) is 1. The molecule has 0 radical (unpaired) electrons. The number of hydrogen-bond donors (Lipinski definition) is 3. The fraction of sp³-hybridized carbons (Fsp3) is 0.755. The Morgan fingerprint density at radius 2 is 1.59 bits per heavy atom. The van der Waals surface area contributed by atoms with Crippen molar-refractivity contribution in [1.82, 2.24) is 4.90 Å². The number of fused-ring (bicyclic) bond motifs is 3. The third-order valence-electron chi connectivity index (χ3n) is 14.9. The SMILES string of the molecule is CO[C@H]1C[C@H]2CC[C@@H](C)[C@@](O)(O2)C(=O)C(=O)N2CCCC[C@H]2C(=O)O[C@H]([C@@H](C)C[C@@H]2CC[C@H](OCCO)[C@H](OC)C2)CC(=O)[C@H](C)/C=C(\C)[C@@H](O)[C@H](OC)C(=O)[C@H](C)C[C@H](C)/C=C/C=C/C=C/1C. The molecule has 1 amide bonds. The number of ketones is 3. The lowest BCUT2D eigenvalue weighted by atomic mass is 9.78. The Kier molecular flexibility index (Phi) is 22.9. The summed E-state index contributed by atoms with van der Waals surface area (Å²) in [5.74, 6) is -7.96. The van der Waals surface area contributed by atoms with Gasteiger partial charge in [0.1, 0.15) is 30.1 Å². The number of amides is 1. The molecule has 0 aromatic carbocycles. The predicted octanol–water partition coefficient (Wildman–Crippen LogP) is 6.20. The van der Waals surface area contributed by atoms with Crippen molar-refractivity contribution in [2.45, 2.75) is 180 Å². The van der Waals surface area contributed by atoms with E-state index in [0.29, 0.717) is 63.4 Å². The first-order chi connectivity index (χ1) is 32.3. The number of methoxy groups -OCH3 is 3. The summed E-state index contributed by atoms with van der Waals surface area (Å²) in [6.07, 6.45) is 12.0. The summed E-state index contributed by atoms with van der Waals surface area (Å²) in [7, 11) is 4.58. The molecule has 15 heteroatoms. The van der Waals surface area contributed by atoms with Gasteiger partial charge in [0.15, 0.2) is 5.78 Å². The van der Waals surface area contributed by atoms with E-state index < -0.39 is 77.8 Å². The zero-order valence-electron chi connectivity index (χ0n) is 42.4. The summed E-state index contributed by atoms with van der Waals surface area (Å²) in [4.78, 5) is 72.1.